The van der Waals surface area contributed by atoms with Crippen molar-refractivity contribution in [1.29, 1.82) is 0 Å². The predicted molar refractivity (Wildman–Crippen MR) is 119 cm³/mol. The van der Waals surface area contributed by atoms with Crippen LogP contribution in [-0.4, -0.2) is 35.5 Å². The molecule has 1 amide bonds. The highest BCUT2D eigenvalue weighted by Gasteiger charge is 2.12. The number of anilines is 2. The van der Waals surface area contributed by atoms with E-state index in [-0.39, 0.29) is 5.91 Å². The first-order valence-electron chi connectivity index (χ1n) is 9.37. The minimum atomic E-state index is 0.00393. The number of methoxy groups -OCH3 is 1. The van der Waals surface area contributed by atoms with Crippen molar-refractivity contribution in [2.45, 2.75) is 23.6 Å². The topological polar surface area (TPSA) is 76.1 Å². The van der Waals surface area contributed by atoms with E-state index in [1.807, 2.05) is 42.5 Å². The summed E-state index contributed by atoms with van der Waals surface area (Å²) >= 11 is 2.82. The summed E-state index contributed by atoms with van der Waals surface area (Å²) in [6.07, 6.45) is 0.980. The summed E-state index contributed by atoms with van der Waals surface area (Å²) in [5.74, 6) is 1.45. The Bertz CT molecular complexity index is 901. The van der Waals surface area contributed by atoms with Crippen LogP contribution < -0.4 is 15.4 Å². The molecule has 2 N–H and O–H groups in total. The Balaban J connectivity index is 1.44. The summed E-state index contributed by atoms with van der Waals surface area (Å²) in [4.78, 5) is 12.2. The molecule has 1 unspecified atom stereocenters. The van der Waals surface area contributed by atoms with Gasteiger partial charge in [0, 0.05) is 18.2 Å². The van der Waals surface area contributed by atoms with Gasteiger partial charge < -0.3 is 15.4 Å². The van der Waals surface area contributed by atoms with E-state index < -0.39 is 0 Å². The highest BCUT2D eigenvalue weighted by Crippen LogP contribution is 2.28. The van der Waals surface area contributed by atoms with Crippen molar-refractivity contribution < 1.29 is 9.53 Å². The zero-order valence-corrected chi connectivity index (χ0v) is 18.1. The first kappa shape index (κ1) is 21.1. The molecule has 0 aliphatic heterocycles. The van der Waals surface area contributed by atoms with E-state index in [4.69, 9.17) is 4.74 Å². The molecule has 0 aliphatic rings. The maximum Gasteiger partial charge on any atom is 0.230 e. The maximum atomic E-state index is 12.2. The van der Waals surface area contributed by atoms with Crippen molar-refractivity contribution in [3.05, 3.63) is 60.2 Å². The molecule has 3 aromatic rings. The number of aromatic nitrogens is 2. The van der Waals surface area contributed by atoms with Crippen molar-refractivity contribution in [1.82, 2.24) is 15.5 Å². The lowest BCUT2D eigenvalue weighted by atomic mass is 9.96. The van der Waals surface area contributed by atoms with E-state index in [1.165, 1.54) is 28.7 Å². The van der Waals surface area contributed by atoms with Gasteiger partial charge in [-0.2, -0.15) is 0 Å². The van der Waals surface area contributed by atoms with Crippen molar-refractivity contribution in [2.24, 2.45) is 0 Å². The number of hydrogen-bond donors (Lipinski definition) is 2. The molecular weight excluding hydrogens is 404 g/mol. The van der Waals surface area contributed by atoms with E-state index in [9.17, 15) is 4.79 Å². The molecule has 0 spiro atoms. The molecule has 1 heterocycles. The number of thioether (sulfide) groups is 1. The molecule has 3 rings (SSSR count). The number of benzene rings is 2. The monoisotopic (exact) mass is 428 g/mol. The number of hydrogen-bond acceptors (Lipinski definition) is 7. The highest BCUT2D eigenvalue weighted by atomic mass is 32.2. The van der Waals surface area contributed by atoms with Gasteiger partial charge in [-0.1, -0.05) is 60.4 Å². The molecule has 29 heavy (non-hydrogen) atoms. The predicted octanol–water partition coefficient (Wildman–Crippen LogP) is 4.69. The standard InChI is InChI=1S/C21H24N4O2S2/c1-3-15(16-7-5-4-6-8-16)13-22-19(26)14-28-21-25-24-20(29-21)23-17-9-11-18(27-2)12-10-17/h4-12,15H,3,13-14H2,1-2H3,(H,22,26)(H,23,24). The van der Waals surface area contributed by atoms with E-state index >= 15 is 0 Å². The molecule has 0 radical (unpaired) electrons. The fraction of sp³-hybridized carbons (Fsp3) is 0.286. The Morgan fingerprint density at radius 2 is 1.90 bits per heavy atom. The van der Waals surface area contributed by atoms with Gasteiger partial charge in [0.1, 0.15) is 5.75 Å². The van der Waals surface area contributed by atoms with Crippen LogP contribution in [0.4, 0.5) is 10.8 Å². The van der Waals surface area contributed by atoms with Crippen molar-refractivity contribution in [2.75, 3.05) is 24.7 Å². The highest BCUT2D eigenvalue weighted by molar-refractivity contribution is 8.01. The molecule has 2 aromatic carbocycles. The summed E-state index contributed by atoms with van der Waals surface area (Å²) in [7, 11) is 1.64. The van der Waals surface area contributed by atoms with Crippen molar-refractivity contribution >= 4 is 39.8 Å². The zero-order chi connectivity index (χ0) is 20.5. The molecule has 1 atom stereocenters. The third-order valence-corrected chi connectivity index (χ3v) is 6.36. The van der Waals surface area contributed by atoms with Gasteiger partial charge in [0.05, 0.1) is 12.9 Å². The van der Waals surface area contributed by atoms with Crippen LogP contribution in [0.1, 0.15) is 24.8 Å². The first-order chi connectivity index (χ1) is 14.2. The van der Waals surface area contributed by atoms with Crippen LogP contribution >= 0.6 is 23.1 Å². The molecule has 1 aromatic heterocycles. The summed E-state index contributed by atoms with van der Waals surface area (Å²) in [6.45, 7) is 2.78. The fourth-order valence-electron chi connectivity index (χ4n) is 2.75. The molecule has 0 aliphatic carbocycles. The minimum absolute atomic E-state index is 0.00393. The van der Waals surface area contributed by atoms with E-state index in [0.717, 1.165) is 22.2 Å². The van der Waals surface area contributed by atoms with Gasteiger partial charge in [-0.15, -0.1) is 10.2 Å². The van der Waals surface area contributed by atoms with Crippen molar-refractivity contribution in [3.8, 4) is 5.75 Å². The van der Waals surface area contributed by atoms with Crippen LogP contribution in [0.5, 0.6) is 5.75 Å². The summed E-state index contributed by atoms with van der Waals surface area (Å²) in [5, 5.41) is 15.2. The second-order valence-electron chi connectivity index (χ2n) is 6.34. The molecule has 0 saturated carbocycles. The van der Waals surface area contributed by atoms with E-state index in [0.29, 0.717) is 23.3 Å². The SMILES string of the molecule is CCC(CNC(=O)CSc1nnc(Nc2ccc(OC)cc2)s1)c1ccccc1. The first-order valence-corrected chi connectivity index (χ1v) is 11.2. The number of nitrogens with one attached hydrogen (secondary N) is 2. The zero-order valence-electron chi connectivity index (χ0n) is 16.4. The molecular formula is C21H24N4O2S2. The average molecular weight is 429 g/mol. The summed E-state index contributed by atoms with van der Waals surface area (Å²) < 4.78 is 5.91. The number of amides is 1. The molecule has 8 heteroatoms. The van der Waals surface area contributed by atoms with Gasteiger partial charge in [-0.3, -0.25) is 4.79 Å². The third-order valence-electron chi connectivity index (χ3n) is 4.38. The molecule has 0 bridgehead atoms. The quantitative estimate of drug-likeness (QED) is 0.456. The van der Waals surface area contributed by atoms with E-state index in [1.54, 1.807) is 7.11 Å². The fourth-order valence-corrected chi connectivity index (χ4v) is 4.36. The van der Waals surface area contributed by atoms with Crippen molar-refractivity contribution in [3.63, 3.8) is 0 Å². The number of rotatable bonds is 10. The number of nitrogens with zero attached hydrogens (tertiary/aromatic N) is 2. The van der Waals surface area contributed by atoms with Crippen LogP contribution in [0.2, 0.25) is 0 Å². The second-order valence-corrected chi connectivity index (χ2v) is 8.54. The van der Waals surface area contributed by atoms with E-state index in [2.05, 4.69) is 39.9 Å². The van der Waals surface area contributed by atoms with Gasteiger partial charge in [-0.05, 0) is 36.2 Å². The Morgan fingerprint density at radius 1 is 1.14 bits per heavy atom. The molecule has 152 valence electrons. The van der Waals surface area contributed by atoms with Crippen LogP contribution in [0.15, 0.2) is 58.9 Å². The largest absolute Gasteiger partial charge is 0.497 e. The van der Waals surface area contributed by atoms with Gasteiger partial charge in [0.15, 0.2) is 4.34 Å². The molecule has 0 saturated heterocycles. The Morgan fingerprint density at radius 3 is 2.59 bits per heavy atom. The lowest BCUT2D eigenvalue weighted by Gasteiger charge is -2.16. The maximum absolute atomic E-state index is 12.2. The Kier molecular flexibility index (Phi) is 7.89. The van der Waals surface area contributed by atoms with Gasteiger partial charge >= 0.3 is 0 Å². The molecule has 6 nitrogen and oxygen atoms in total. The Hall–Kier alpha value is -2.58. The smallest absolute Gasteiger partial charge is 0.230 e. The van der Waals surface area contributed by atoms with Gasteiger partial charge in [0.2, 0.25) is 11.0 Å². The minimum Gasteiger partial charge on any atom is -0.497 e. The van der Waals surface area contributed by atoms with Crippen LogP contribution in [-0.2, 0) is 4.79 Å². The summed E-state index contributed by atoms with van der Waals surface area (Å²) in [6, 6.07) is 17.9. The molecule has 0 fully saturated rings. The average Bonchev–Trinajstić information content (AvgIpc) is 3.21. The Labute approximate surface area is 179 Å². The number of carbonyl (C=O) groups excluding carboxylic acids is 1. The number of carbonyl (C=O) groups is 1. The number of ether oxygens (including phenoxy) is 1. The second kappa shape index (κ2) is 10.8. The van der Waals surface area contributed by atoms with Gasteiger partial charge in [0.25, 0.3) is 0 Å². The normalized spacial score (nSPS) is 11.7. The lowest BCUT2D eigenvalue weighted by molar-refractivity contribution is -0.118. The lowest BCUT2D eigenvalue weighted by Crippen LogP contribution is -2.29. The van der Waals surface area contributed by atoms with Crippen LogP contribution in [0.3, 0.4) is 0 Å². The summed E-state index contributed by atoms with van der Waals surface area (Å²) in [5.41, 5.74) is 2.16. The third kappa shape index (κ3) is 6.47. The van der Waals surface area contributed by atoms with Crippen LogP contribution in [0.25, 0.3) is 0 Å². The van der Waals surface area contributed by atoms with Gasteiger partial charge in [-0.25, -0.2) is 0 Å². The van der Waals surface area contributed by atoms with Crippen LogP contribution in [0, 0.1) is 0 Å².